The number of hydrogen-bond donors (Lipinski definition) is 3. The van der Waals surface area contributed by atoms with Gasteiger partial charge in [-0.25, -0.2) is 0 Å². The lowest BCUT2D eigenvalue weighted by Gasteiger charge is -2.31. The van der Waals surface area contributed by atoms with Crippen molar-refractivity contribution in [2.24, 2.45) is 0 Å². The minimum Gasteiger partial charge on any atom is -0.756 e. The molecular weight excluding hydrogens is 711 g/mol. The van der Waals surface area contributed by atoms with Gasteiger partial charge >= 0.3 is 0 Å². The molecule has 0 saturated heterocycles. The lowest BCUT2D eigenvalue weighted by Crippen LogP contribution is -2.51. The minimum atomic E-state index is -4.68. The fourth-order valence-electron chi connectivity index (χ4n) is 6.02. The number of nitrogens with one attached hydrogen (secondary N) is 1. The summed E-state index contributed by atoms with van der Waals surface area (Å²) in [6.45, 7) is 4.35. The van der Waals surface area contributed by atoms with Crippen molar-refractivity contribution < 1.29 is 38.0 Å². The highest BCUT2D eigenvalue weighted by molar-refractivity contribution is 7.45. The molecule has 4 unspecified atom stereocenters. The van der Waals surface area contributed by atoms with Crippen molar-refractivity contribution in [2.45, 2.75) is 193 Å². The van der Waals surface area contributed by atoms with Gasteiger partial charge in [0.1, 0.15) is 19.3 Å². The summed E-state index contributed by atoms with van der Waals surface area (Å²) in [5.74, 6) is -0.304. The Kier molecular flexibility index (Phi) is 35.7. The molecule has 10 heteroatoms. The summed E-state index contributed by atoms with van der Waals surface area (Å²) >= 11 is 0. The Morgan fingerprint density at radius 3 is 1.64 bits per heavy atom. The second-order valence-corrected chi connectivity index (χ2v) is 17.6. The number of hydrogen-bond acceptors (Lipinski definition) is 7. The molecule has 0 aromatic rings. The molecule has 1 amide bonds. The molecule has 3 N–H and O–H groups in total. The van der Waals surface area contributed by atoms with Gasteiger partial charge in [0, 0.05) is 6.42 Å². The second-order valence-electron chi connectivity index (χ2n) is 16.2. The number of carbonyl (C=O) groups excluding carboxylic acids is 1. The topological polar surface area (TPSA) is 128 Å². The van der Waals surface area contributed by atoms with Crippen LogP contribution in [0.25, 0.3) is 0 Å². The van der Waals surface area contributed by atoms with Crippen LogP contribution in [0.1, 0.15) is 174 Å². The Balaban J connectivity index is 4.56. The van der Waals surface area contributed by atoms with Crippen LogP contribution >= 0.6 is 7.82 Å². The summed E-state index contributed by atoms with van der Waals surface area (Å²) < 4.78 is 23.1. The highest BCUT2D eigenvalue weighted by atomic mass is 31.2. The van der Waals surface area contributed by atoms with Crippen LogP contribution in [0.2, 0.25) is 0 Å². The van der Waals surface area contributed by atoms with Gasteiger partial charge in [-0.3, -0.25) is 9.36 Å². The summed E-state index contributed by atoms with van der Waals surface area (Å²) in [5, 5.41) is 24.5. The third-order valence-electron chi connectivity index (χ3n) is 9.63. The van der Waals surface area contributed by atoms with Crippen molar-refractivity contribution in [1.82, 2.24) is 5.32 Å². The number of aliphatic hydroxyl groups is 2. The summed E-state index contributed by atoms with van der Waals surface area (Å²) in [5.41, 5.74) is 0. The molecular formula is C45H85N2O7P. The number of nitrogens with zero attached hydrogens (tertiary/aromatic N) is 1. The van der Waals surface area contributed by atoms with Crippen molar-refractivity contribution in [2.75, 3.05) is 40.9 Å². The average molecular weight is 797 g/mol. The SMILES string of the molecule is CCCCC/C=C\C/C=C\C/C=C\CCCCCCCCC(=O)NC(COP(=O)([O-])OCC[N+](C)(C)C)C(O)C(O)CCC/C=C/CCCCCCCCC. The maximum Gasteiger partial charge on any atom is 0.268 e. The van der Waals surface area contributed by atoms with E-state index in [0.29, 0.717) is 30.3 Å². The van der Waals surface area contributed by atoms with Crippen LogP contribution in [0.3, 0.4) is 0 Å². The van der Waals surface area contributed by atoms with E-state index in [9.17, 15) is 24.5 Å². The maximum absolute atomic E-state index is 12.9. The third-order valence-corrected chi connectivity index (χ3v) is 10.6. The number of phosphoric ester groups is 1. The molecule has 0 saturated carbocycles. The van der Waals surface area contributed by atoms with Crippen LogP contribution in [0.4, 0.5) is 0 Å². The molecule has 0 fully saturated rings. The summed E-state index contributed by atoms with van der Waals surface area (Å²) in [4.78, 5) is 25.3. The van der Waals surface area contributed by atoms with Crippen LogP contribution in [0, 0.1) is 0 Å². The first-order valence-corrected chi connectivity index (χ1v) is 23.5. The van der Waals surface area contributed by atoms with Gasteiger partial charge in [-0.1, -0.05) is 140 Å². The maximum atomic E-state index is 12.9. The summed E-state index contributed by atoms with van der Waals surface area (Å²) in [7, 11) is 1.09. The number of quaternary nitrogens is 1. The van der Waals surface area contributed by atoms with Gasteiger partial charge in [-0.15, -0.1) is 0 Å². The quantitative estimate of drug-likeness (QED) is 0.0245. The van der Waals surface area contributed by atoms with Gasteiger partial charge in [-0.2, -0.15) is 0 Å². The lowest BCUT2D eigenvalue weighted by atomic mass is 10.0. The molecule has 0 aromatic heterocycles. The van der Waals surface area contributed by atoms with Crippen molar-refractivity contribution in [3.8, 4) is 0 Å². The van der Waals surface area contributed by atoms with Gasteiger partial charge in [0.25, 0.3) is 7.82 Å². The average Bonchev–Trinajstić information content (AvgIpc) is 3.13. The first-order chi connectivity index (χ1) is 26.4. The summed E-state index contributed by atoms with van der Waals surface area (Å²) in [6, 6.07) is -1.10. The molecule has 9 nitrogen and oxygen atoms in total. The highest BCUT2D eigenvalue weighted by Gasteiger charge is 2.29. The molecule has 0 rings (SSSR count). The predicted molar refractivity (Wildman–Crippen MR) is 230 cm³/mol. The standard InChI is InChI=1S/C45H85N2O7P/c1-6-8-10-12-14-16-18-20-21-22-23-24-25-26-28-30-32-34-36-38-44(49)46-42(41-54-55(51,52)53-40-39-47(3,4)5)45(50)43(48)37-35-33-31-29-27-19-17-15-13-11-9-7-2/h14,16,20-21,23-24,29,31,42-43,45,48,50H,6-13,15,17-19,22,25-28,30,32-41H2,1-5H3,(H-,46,49,51,52)/b16-14-,21-20-,24-23-,31-29+. The first kappa shape index (κ1) is 53.4. The highest BCUT2D eigenvalue weighted by Crippen LogP contribution is 2.38. The van der Waals surface area contributed by atoms with Crippen LogP contribution < -0.4 is 10.2 Å². The Bertz CT molecular complexity index is 1060. The van der Waals surface area contributed by atoms with Gasteiger partial charge < -0.3 is 34.0 Å². The largest absolute Gasteiger partial charge is 0.756 e. The molecule has 55 heavy (non-hydrogen) atoms. The van der Waals surface area contributed by atoms with Gasteiger partial charge in [-0.05, 0) is 77.0 Å². The lowest BCUT2D eigenvalue weighted by molar-refractivity contribution is -0.870. The predicted octanol–water partition coefficient (Wildman–Crippen LogP) is 10.4. The monoisotopic (exact) mass is 797 g/mol. The first-order valence-electron chi connectivity index (χ1n) is 22.1. The van der Waals surface area contributed by atoms with Gasteiger partial charge in [0.15, 0.2) is 0 Å². The molecule has 0 bridgehead atoms. The van der Waals surface area contributed by atoms with E-state index in [-0.39, 0.29) is 18.9 Å². The Hall–Kier alpha value is -1.58. The van der Waals surface area contributed by atoms with Crippen molar-refractivity contribution in [1.29, 1.82) is 0 Å². The van der Waals surface area contributed by atoms with E-state index in [1.54, 1.807) is 0 Å². The number of carbonyl (C=O) groups is 1. The van der Waals surface area contributed by atoms with E-state index in [1.807, 2.05) is 21.1 Å². The van der Waals surface area contributed by atoms with Gasteiger partial charge in [0.05, 0.1) is 39.9 Å². The van der Waals surface area contributed by atoms with Crippen LogP contribution in [0.15, 0.2) is 48.6 Å². The third kappa shape index (κ3) is 37.7. The number of allylic oxidation sites excluding steroid dienone is 8. The zero-order chi connectivity index (χ0) is 40.9. The van der Waals surface area contributed by atoms with Crippen LogP contribution in [0.5, 0.6) is 0 Å². The van der Waals surface area contributed by atoms with E-state index < -0.39 is 32.7 Å². The molecule has 0 spiro atoms. The fourth-order valence-corrected chi connectivity index (χ4v) is 6.75. The Morgan fingerprint density at radius 2 is 1.09 bits per heavy atom. The number of unbranched alkanes of at least 4 members (excludes halogenated alkanes) is 17. The van der Waals surface area contributed by atoms with Crippen molar-refractivity contribution >= 4 is 13.7 Å². The fraction of sp³-hybridized carbons (Fsp3) is 0.800. The normalized spacial score (nSPS) is 15.4. The zero-order valence-corrected chi connectivity index (χ0v) is 36.9. The van der Waals surface area contributed by atoms with Crippen LogP contribution in [-0.4, -0.2) is 79.8 Å². The molecule has 0 radical (unpaired) electrons. The minimum absolute atomic E-state index is 0.0508. The van der Waals surface area contributed by atoms with Gasteiger partial charge in [0.2, 0.25) is 5.91 Å². The van der Waals surface area contributed by atoms with E-state index in [0.717, 1.165) is 64.2 Å². The number of rotatable bonds is 39. The molecule has 0 aliphatic rings. The van der Waals surface area contributed by atoms with E-state index in [4.69, 9.17) is 9.05 Å². The molecule has 322 valence electrons. The van der Waals surface area contributed by atoms with E-state index >= 15 is 0 Å². The second kappa shape index (κ2) is 36.7. The number of phosphoric acid groups is 1. The molecule has 0 aliphatic heterocycles. The van der Waals surface area contributed by atoms with E-state index in [2.05, 4.69) is 67.8 Å². The van der Waals surface area contributed by atoms with Crippen molar-refractivity contribution in [3.63, 3.8) is 0 Å². The Morgan fingerprint density at radius 1 is 0.655 bits per heavy atom. The molecule has 0 heterocycles. The smallest absolute Gasteiger partial charge is 0.268 e. The molecule has 0 aromatic carbocycles. The summed E-state index contributed by atoms with van der Waals surface area (Å²) in [6.07, 6.45) is 41.5. The van der Waals surface area contributed by atoms with Crippen LogP contribution in [-0.2, 0) is 18.4 Å². The number of likely N-dealkylation sites (N-methyl/N-ethyl adjacent to an activating group) is 1. The van der Waals surface area contributed by atoms with Crippen molar-refractivity contribution in [3.05, 3.63) is 48.6 Å². The van der Waals surface area contributed by atoms with E-state index in [1.165, 1.54) is 70.6 Å². The molecule has 0 aliphatic carbocycles. The zero-order valence-electron chi connectivity index (χ0n) is 36.0. The number of aliphatic hydroxyl groups excluding tert-OH is 2. The Labute approximate surface area is 338 Å². The number of amides is 1. The molecule has 4 atom stereocenters.